The summed E-state index contributed by atoms with van der Waals surface area (Å²) in [7, 11) is 0. The number of anilines is 1. The van der Waals surface area contributed by atoms with E-state index in [1.807, 2.05) is 31.2 Å². The molecule has 0 saturated carbocycles. The molecule has 1 N–H and O–H groups in total. The van der Waals surface area contributed by atoms with E-state index in [2.05, 4.69) is 5.32 Å². The zero-order valence-corrected chi connectivity index (χ0v) is 19.8. The zero-order chi connectivity index (χ0) is 24.8. The van der Waals surface area contributed by atoms with E-state index >= 15 is 0 Å². The summed E-state index contributed by atoms with van der Waals surface area (Å²) in [4.78, 5) is 23.9. The molecule has 0 saturated heterocycles. The van der Waals surface area contributed by atoms with Gasteiger partial charge in [0, 0.05) is 17.0 Å². The van der Waals surface area contributed by atoms with Crippen LogP contribution in [0.2, 0.25) is 0 Å². The third-order valence-corrected chi connectivity index (χ3v) is 6.03. The van der Waals surface area contributed by atoms with Crippen molar-refractivity contribution >= 4 is 34.7 Å². The van der Waals surface area contributed by atoms with Gasteiger partial charge in [0.15, 0.2) is 12.0 Å². The van der Waals surface area contributed by atoms with E-state index in [4.69, 9.17) is 14.3 Å². The Balaban J connectivity index is 1.51. The maximum absolute atomic E-state index is 12.1. The Hall–Kier alpha value is -3.60. The van der Waals surface area contributed by atoms with Crippen molar-refractivity contribution in [3.63, 3.8) is 0 Å². The smallest absolute Gasteiger partial charge is 0.291 e. The average Bonchev–Trinajstić information content (AvgIpc) is 3.40. The van der Waals surface area contributed by atoms with E-state index in [0.717, 1.165) is 11.1 Å². The number of rotatable bonds is 9. The standard InChI is InChI=1S/C25H25N3O6S/c1-2-21-24(19-9-5-18(6-10-19)16-35(31)32)27-28(23(15-29)34-21)14-17-7-11-20(12-8-17)26-25(30)22-4-3-13-33-22/h3-13,15,21,23H,2,14,16H2,1H3,(H,26,30)(H,31,32)/p-1. The molecule has 3 unspecified atom stereocenters. The van der Waals surface area contributed by atoms with Crippen LogP contribution in [0.25, 0.3) is 0 Å². The first-order chi connectivity index (χ1) is 17.0. The van der Waals surface area contributed by atoms with Gasteiger partial charge in [-0.25, -0.2) is 0 Å². The molecule has 1 aliphatic heterocycles. The lowest BCUT2D eigenvalue weighted by molar-refractivity contribution is -0.139. The third kappa shape index (κ3) is 6.10. The van der Waals surface area contributed by atoms with Crippen molar-refractivity contribution in [3.8, 4) is 0 Å². The number of carbonyl (C=O) groups is 2. The van der Waals surface area contributed by atoms with Gasteiger partial charge in [-0.15, -0.1) is 0 Å². The quantitative estimate of drug-likeness (QED) is 0.357. The molecule has 0 aliphatic carbocycles. The van der Waals surface area contributed by atoms with Crippen LogP contribution in [0.4, 0.5) is 5.69 Å². The summed E-state index contributed by atoms with van der Waals surface area (Å²) in [5.41, 5.74) is 3.61. The lowest BCUT2D eigenvalue weighted by atomic mass is 10.0. The van der Waals surface area contributed by atoms with Gasteiger partial charge in [0.2, 0.25) is 6.23 Å². The fourth-order valence-electron chi connectivity index (χ4n) is 3.71. The number of hydrogen-bond acceptors (Lipinski definition) is 8. The van der Waals surface area contributed by atoms with E-state index in [1.54, 1.807) is 41.4 Å². The summed E-state index contributed by atoms with van der Waals surface area (Å²) in [6, 6.07) is 17.5. The fraction of sp³-hybridized carbons (Fsp3) is 0.240. The minimum absolute atomic E-state index is 0.0578. The number of aldehydes is 1. The summed E-state index contributed by atoms with van der Waals surface area (Å²) in [5.74, 6) is -0.187. The van der Waals surface area contributed by atoms with Crippen molar-refractivity contribution in [2.45, 2.75) is 38.0 Å². The van der Waals surface area contributed by atoms with E-state index in [0.29, 0.717) is 36.2 Å². The van der Waals surface area contributed by atoms with Crippen molar-refractivity contribution in [1.82, 2.24) is 5.01 Å². The molecule has 0 fully saturated rings. The molecular weight excluding hydrogens is 470 g/mol. The second-order valence-electron chi connectivity index (χ2n) is 7.92. The molecule has 9 nitrogen and oxygen atoms in total. The van der Waals surface area contributed by atoms with Crippen molar-refractivity contribution in [2.75, 3.05) is 5.32 Å². The predicted octanol–water partition coefficient (Wildman–Crippen LogP) is 3.45. The predicted molar refractivity (Wildman–Crippen MR) is 129 cm³/mol. The first-order valence-electron chi connectivity index (χ1n) is 11.0. The summed E-state index contributed by atoms with van der Waals surface area (Å²) >= 11 is -2.16. The van der Waals surface area contributed by atoms with Crippen LogP contribution in [0.3, 0.4) is 0 Å². The zero-order valence-electron chi connectivity index (χ0n) is 19.0. The van der Waals surface area contributed by atoms with Gasteiger partial charge in [0.05, 0.1) is 18.5 Å². The summed E-state index contributed by atoms with van der Waals surface area (Å²) in [6.07, 6.45) is 1.55. The topological polar surface area (TPSA) is 124 Å². The number of amides is 1. The number of hydrazone groups is 1. The van der Waals surface area contributed by atoms with E-state index in [9.17, 15) is 18.4 Å². The second-order valence-corrected chi connectivity index (χ2v) is 8.81. The highest BCUT2D eigenvalue weighted by atomic mass is 32.2. The normalized spacial score (nSPS) is 18.6. The minimum Gasteiger partial charge on any atom is -0.772 e. The Morgan fingerprint density at radius 3 is 2.46 bits per heavy atom. The first kappa shape index (κ1) is 24.5. The minimum atomic E-state index is -2.16. The number of hydrogen-bond donors (Lipinski definition) is 1. The molecule has 3 atom stereocenters. The molecule has 4 rings (SSSR count). The fourth-order valence-corrected chi connectivity index (χ4v) is 4.18. The van der Waals surface area contributed by atoms with Gasteiger partial charge >= 0.3 is 0 Å². The van der Waals surface area contributed by atoms with Gasteiger partial charge in [0.1, 0.15) is 6.10 Å². The van der Waals surface area contributed by atoms with E-state index in [-0.39, 0.29) is 23.5 Å². The second kappa shape index (κ2) is 11.2. The average molecular weight is 495 g/mol. The number of nitrogens with one attached hydrogen (secondary N) is 1. The highest BCUT2D eigenvalue weighted by Crippen LogP contribution is 2.23. The van der Waals surface area contributed by atoms with Crippen LogP contribution in [0.5, 0.6) is 0 Å². The SMILES string of the molecule is CCC1OC(C=O)N(Cc2ccc(NC(=O)c3ccco3)cc2)N=C1c1ccc(CS(=O)[O-])cc1. The van der Waals surface area contributed by atoms with Crippen LogP contribution in [-0.4, -0.2) is 44.0 Å². The third-order valence-electron chi connectivity index (χ3n) is 5.46. The highest BCUT2D eigenvalue weighted by Gasteiger charge is 2.31. The monoisotopic (exact) mass is 494 g/mol. The maximum Gasteiger partial charge on any atom is 0.291 e. The molecule has 0 radical (unpaired) electrons. The first-order valence-corrected chi connectivity index (χ1v) is 12.3. The number of benzene rings is 2. The maximum atomic E-state index is 12.1. The Kier molecular flexibility index (Phi) is 7.86. The Morgan fingerprint density at radius 1 is 1.14 bits per heavy atom. The highest BCUT2D eigenvalue weighted by molar-refractivity contribution is 7.78. The van der Waals surface area contributed by atoms with Gasteiger partial charge in [0.25, 0.3) is 5.91 Å². The molecule has 1 amide bonds. The largest absolute Gasteiger partial charge is 0.772 e. The van der Waals surface area contributed by atoms with Gasteiger partial charge in [-0.1, -0.05) is 54.4 Å². The van der Waals surface area contributed by atoms with Crippen LogP contribution in [0, 0.1) is 0 Å². The number of carbonyl (C=O) groups excluding carboxylic acids is 2. The van der Waals surface area contributed by atoms with Crippen LogP contribution in [-0.2, 0) is 32.9 Å². The van der Waals surface area contributed by atoms with Crippen molar-refractivity contribution < 1.29 is 27.5 Å². The molecular formula is C25H24N3O6S-. The molecule has 10 heteroatoms. The lowest BCUT2D eigenvalue weighted by Gasteiger charge is -2.35. The van der Waals surface area contributed by atoms with Crippen molar-refractivity contribution in [2.24, 2.45) is 5.10 Å². The molecule has 2 heterocycles. The van der Waals surface area contributed by atoms with Crippen LogP contribution in [0.15, 0.2) is 76.4 Å². The van der Waals surface area contributed by atoms with Gasteiger partial charge in [-0.3, -0.25) is 18.8 Å². The molecule has 35 heavy (non-hydrogen) atoms. The molecule has 0 bridgehead atoms. The van der Waals surface area contributed by atoms with Crippen molar-refractivity contribution in [1.29, 1.82) is 0 Å². The van der Waals surface area contributed by atoms with Crippen LogP contribution in [0.1, 0.15) is 40.6 Å². The van der Waals surface area contributed by atoms with Gasteiger partial charge in [-0.2, -0.15) is 5.10 Å². The summed E-state index contributed by atoms with van der Waals surface area (Å²) in [6.45, 7) is 2.26. The van der Waals surface area contributed by atoms with Gasteiger partial charge in [-0.05, 0) is 41.8 Å². The number of furan rings is 1. The molecule has 3 aromatic rings. The number of nitrogens with zero attached hydrogens (tertiary/aromatic N) is 2. The Bertz CT molecular complexity index is 1210. The Labute approximate surface area is 205 Å². The molecule has 1 aromatic heterocycles. The summed E-state index contributed by atoms with van der Waals surface area (Å²) < 4.78 is 33.0. The molecule has 1 aliphatic rings. The van der Waals surface area contributed by atoms with Crippen LogP contribution >= 0.6 is 0 Å². The van der Waals surface area contributed by atoms with E-state index in [1.165, 1.54) is 6.26 Å². The molecule has 182 valence electrons. The van der Waals surface area contributed by atoms with Gasteiger partial charge < -0.3 is 19.0 Å². The van der Waals surface area contributed by atoms with Crippen molar-refractivity contribution in [3.05, 3.63) is 89.4 Å². The van der Waals surface area contributed by atoms with E-state index < -0.39 is 17.3 Å². The molecule has 0 spiro atoms. The lowest BCUT2D eigenvalue weighted by Crippen LogP contribution is -2.45. The van der Waals surface area contributed by atoms with Crippen LogP contribution < -0.4 is 5.32 Å². The molecule has 2 aromatic carbocycles. The number of ether oxygens (including phenoxy) is 1. The summed E-state index contributed by atoms with van der Waals surface area (Å²) in [5, 5.41) is 9.07. The Morgan fingerprint density at radius 2 is 1.86 bits per heavy atom.